The number of hydrogen-bond acceptors (Lipinski definition) is 4. The number of carbonyl (C=O) groups excluding carboxylic acids is 1. The van der Waals surface area contributed by atoms with E-state index in [9.17, 15) is 4.79 Å². The van der Waals surface area contributed by atoms with Crippen LogP contribution in [-0.2, 0) is 6.42 Å². The minimum atomic E-state index is -0.0933. The summed E-state index contributed by atoms with van der Waals surface area (Å²) in [6, 6.07) is 13.0. The maximum absolute atomic E-state index is 12.3. The van der Waals surface area contributed by atoms with E-state index in [1.165, 1.54) is 5.56 Å². The first kappa shape index (κ1) is 20.6. The maximum atomic E-state index is 12.3. The Morgan fingerprint density at radius 1 is 1.29 bits per heavy atom. The third kappa shape index (κ3) is 5.66. The lowest BCUT2D eigenvalue weighted by Gasteiger charge is -2.40. The molecule has 2 heterocycles. The van der Waals surface area contributed by atoms with Crippen molar-refractivity contribution >= 4 is 5.91 Å². The summed E-state index contributed by atoms with van der Waals surface area (Å²) in [4.78, 5) is 17.2. The highest BCUT2D eigenvalue weighted by atomic mass is 16.1. The van der Waals surface area contributed by atoms with E-state index in [1.54, 1.807) is 0 Å². The number of hydrogen-bond donors (Lipinski definition) is 2. The molecule has 0 bridgehead atoms. The lowest BCUT2D eigenvalue weighted by atomic mass is 10.0. The minimum absolute atomic E-state index is 0.0933. The molecule has 2 N–H and O–H groups in total. The number of aromatic amines is 1. The molecule has 6 heteroatoms. The highest BCUT2D eigenvalue weighted by molar-refractivity contribution is 5.92. The van der Waals surface area contributed by atoms with Gasteiger partial charge in [-0.1, -0.05) is 44.2 Å². The Morgan fingerprint density at radius 2 is 2.07 bits per heavy atom. The van der Waals surface area contributed by atoms with E-state index in [0.29, 0.717) is 24.2 Å². The van der Waals surface area contributed by atoms with Gasteiger partial charge in [-0.2, -0.15) is 5.10 Å². The van der Waals surface area contributed by atoms with Crippen LogP contribution >= 0.6 is 0 Å². The van der Waals surface area contributed by atoms with Gasteiger partial charge >= 0.3 is 0 Å². The SMILES string of the molecule is CC(C)Cc1cc(C(=O)NCCCN2CCN(C)CC2c2ccccc2)n[nH]1. The third-order valence-electron chi connectivity index (χ3n) is 5.28. The molecule has 1 fully saturated rings. The van der Waals surface area contributed by atoms with Crippen molar-refractivity contribution in [3.05, 3.63) is 53.3 Å². The summed E-state index contributed by atoms with van der Waals surface area (Å²) >= 11 is 0. The third-order valence-corrected chi connectivity index (χ3v) is 5.28. The van der Waals surface area contributed by atoms with Crippen LogP contribution in [0.25, 0.3) is 0 Å². The minimum Gasteiger partial charge on any atom is -0.351 e. The van der Waals surface area contributed by atoms with Crippen molar-refractivity contribution in [2.75, 3.05) is 39.8 Å². The number of nitrogens with one attached hydrogen (secondary N) is 2. The quantitative estimate of drug-likeness (QED) is 0.688. The first-order chi connectivity index (χ1) is 13.5. The zero-order chi connectivity index (χ0) is 19.9. The zero-order valence-corrected chi connectivity index (χ0v) is 17.3. The Kier molecular flexibility index (Phi) is 7.23. The summed E-state index contributed by atoms with van der Waals surface area (Å²) in [7, 11) is 2.19. The fourth-order valence-corrected chi connectivity index (χ4v) is 3.81. The van der Waals surface area contributed by atoms with Gasteiger partial charge in [-0.05, 0) is 37.4 Å². The molecule has 1 aliphatic rings. The highest BCUT2D eigenvalue weighted by Crippen LogP contribution is 2.24. The molecule has 0 aliphatic carbocycles. The van der Waals surface area contributed by atoms with E-state index in [2.05, 4.69) is 76.5 Å². The second kappa shape index (κ2) is 9.85. The summed E-state index contributed by atoms with van der Waals surface area (Å²) in [6.07, 6.45) is 1.84. The van der Waals surface area contributed by atoms with Crippen LogP contribution in [0.2, 0.25) is 0 Å². The lowest BCUT2D eigenvalue weighted by Crippen LogP contribution is -2.47. The molecule has 2 aromatic rings. The van der Waals surface area contributed by atoms with E-state index in [1.807, 2.05) is 6.07 Å². The molecule has 0 spiro atoms. The molecular formula is C22H33N5O. The number of piperazine rings is 1. The van der Waals surface area contributed by atoms with Gasteiger partial charge in [0.2, 0.25) is 0 Å². The Balaban J connectivity index is 1.47. The van der Waals surface area contributed by atoms with E-state index >= 15 is 0 Å². The molecule has 152 valence electrons. The van der Waals surface area contributed by atoms with Crippen molar-refractivity contribution in [1.82, 2.24) is 25.3 Å². The van der Waals surface area contributed by atoms with E-state index in [-0.39, 0.29) is 5.91 Å². The van der Waals surface area contributed by atoms with Crippen molar-refractivity contribution in [3.8, 4) is 0 Å². The fourth-order valence-electron chi connectivity index (χ4n) is 3.81. The summed E-state index contributed by atoms with van der Waals surface area (Å²) in [5.74, 6) is 0.446. The molecule has 1 atom stereocenters. The Hall–Kier alpha value is -2.18. The molecule has 3 rings (SSSR count). The standard InChI is InChI=1S/C22H33N5O/c1-17(2)14-19-15-20(25-24-19)22(28)23-10-7-11-27-13-12-26(3)16-21(27)18-8-5-4-6-9-18/h4-6,8-9,15,17,21H,7,10-14,16H2,1-3H3,(H,23,28)(H,24,25). The Labute approximate surface area is 168 Å². The van der Waals surface area contributed by atoms with Crippen molar-refractivity contribution in [1.29, 1.82) is 0 Å². The van der Waals surface area contributed by atoms with Gasteiger partial charge in [-0.15, -0.1) is 0 Å². The van der Waals surface area contributed by atoms with Crippen LogP contribution in [0.3, 0.4) is 0 Å². The normalized spacial score (nSPS) is 18.5. The van der Waals surface area contributed by atoms with Crippen LogP contribution < -0.4 is 5.32 Å². The van der Waals surface area contributed by atoms with Gasteiger partial charge in [0, 0.05) is 44.5 Å². The van der Waals surface area contributed by atoms with Crippen LogP contribution in [0, 0.1) is 5.92 Å². The first-order valence-electron chi connectivity index (χ1n) is 10.3. The van der Waals surface area contributed by atoms with Gasteiger partial charge in [0.05, 0.1) is 0 Å². The average Bonchev–Trinajstić information content (AvgIpc) is 3.14. The monoisotopic (exact) mass is 383 g/mol. The van der Waals surface area contributed by atoms with Crippen molar-refractivity contribution in [2.45, 2.75) is 32.7 Å². The average molecular weight is 384 g/mol. The second-order valence-corrected chi connectivity index (χ2v) is 8.21. The Morgan fingerprint density at radius 3 is 2.82 bits per heavy atom. The number of carbonyl (C=O) groups is 1. The Bertz CT molecular complexity index is 742. The zero-order valence-electron chi connectivity index (χ0n) is 17.3. The molecule has 28 heavy (non-hydrogen) atoms. The van der Waals surface area contributed by atoms with Gasteiger partial charge in [0.25, 0.3) is 5.91 Å². The number of likely N-dealkylation sites (N-methyl/N-ethyl adjacent to an activating group) is 1. The summed E-state index contributed by atoms with van der Waals surface area (Å²) in [6.45, 7) is 9.14. The molecule has 6 nitrogen and oxygen atoms in total. The summed E-state index contributed by atoms with van der Waals surface area (Å²) in [5, 5.41) is 10.1. The van der Waals surface area contributed by atoms with Gasteiger partial charge in [0.1, 0.15) is 5.69 Å². The highest BCUT2D eigenvalue weighted by Gasteiger charge is 2.26. The van der Waals surface area contributed by atoms with E-state index in [0.717, 1.165) is 44.7 Å². The second-order valence-electron chi connectivity index (χ2n) is 8.21. The van der Waals surface area contributed by atoms with Crippen LogP contribution in [0.5, 0.6) is 0 Å². The van der Waals surface area contributed by atoms with Crippen LogP contribution in [-0.4, -0.2) is 65.7 Å². The molecule has 1 aromatic carbocycles. The van der Waals surface area contributed by atoms with Crippen molar-refractivity contribution in [2.24, 2.45) is 5.92 Å². The number of amides is 1. The molecule has 1 aliphatic heterocycles. The number of aromatic nitrogens is 2. The topological polar surface area (TPSA) is 64.3 Å². The van der Waals surface area contributed by atoms with Crippen LogP contribution in [0.1, 0.15) is 48.1 Å². The predicted molar refractivity (Wildman–Crippen MR) is 112 cm³/mol. The van der Waals surface area contributed by atoms with Gasteiger partial charge in [0.15, 0.2) is 0 Å². The molecule has 1 amide bonds. The predicted octanol–water partition coefficient (Wildman–Crippen LogP) is 2.72. The molecule has 0 radical (unpaired) electrons. The smallest absolute Gasteiger partial charge is 0.271 e. The molecule has 1 unspecified atom stereocenters. The molecular weight excluding hydrogens is 350 g/mol. The molecule has 1 saturated heterocycles. The van der Waals surface area contributed by atoms with Crippen molar-refractivity contribution < 1.29 is 4.79 Å². The summed E-state index contributed by atoms with van der Waals surface area (Å²) < 4.78 is 0. The lowest BCUT2D eigenvalue weighted by molar-refractivity contribution is 0.0864. The molecule has 1 aromatic heterocycles. The van der Waals surface area contributed by atoms with Crippen molar-refractivity contribution in [3.63, 3.8) is 0 Å². The van der Waals surface area contributed by atoms with Crippen LogP contribution in [0.15, 0.2) is 36.4 Å². The fraction of sp³-hybridized carbons (Fsp3) is 0.545. The number of benzene rings is 1. The van der Waals surface area contributed by atoms with E-state index < -0.39 is 0 Å². The maximum Gasteiger partial charge on any atom is 0.271 e. The number of H-pyrrole nitrogens is 1. The number of rotatable bonds is 8. The number of nitrogens with zero attached hydrogens (tertiary/aromatic N) is 3. The van der Waals surface area contributed by atoms with Gasteiger partial charge in [-0.3, -0.25) is 14.8 Å². The van der Waals surface area contributed by atoms with E-state index in [4.69, 9.17) is 0 Å². The molecule has 0 saturated carbocycles. The van der Waals surface area contributed by atoms with Crippen LogP contribution in [0.4, 0.5) is 0 Å². The largest absolute Gasteiger partial charge is 0.351 e. The van der Waals surface area contributed by atoms with Gasteiger partial charge < -0.3 is 10.2 Å². The summed E-state index contributed by atoms with van der Waals surface area (Å²) in [5.41, 5.74) is 2.87. The first-order valence-corrected chi connectivity index (χ1v) is 10.3. The van der Waals surface area contributed by atoms with Gasteiger partial charge in [-0.25, -0.2) is 0 Å².